The standard InChI is InChI=1S/C25H22Cl2N4O5.C24H20Cl2N4O5.C19H18Cl2N2O3.C6H5BrN2O2/c1-34-25(33)23-28-9-14(10-29-23)31-13-7-15(24(31)32)19(8-13)35-11-16-21(30-36-22(16)12-5-6-12)20-17(26)3-2-4-18(20)27;25-16-2-1-3-17(26)19(16)20-15(21(35-29-20)11-4-5-11)10-34-18-7-12-6-14(18)23(31)30(12)13-8-27-22(24(32)33)28-9-13;20-13-2-1-3-14(21)16(13)17-12(18(26-23-17)9-4-5-9)8-25-15-7-10-6-11(15)19(24)22-10;1-11-6(10)5-8-2-4(7)3-9-5/h2-4,9-10,12-13,15,19H,5-8,11H2,1H3;1-3,8-9,11-12,14,18H,4-7,10H2,(H,32,33);1-3,9-11,15H,4-8H2,(H,22,24);2-3H,1H3/t13-,15+,19+;12-,14+,18+;10-,11+,15+;/m000./s1. The molecule has 6 saturated carbocycles. The summed E-state index contributed by atoms with van der Waals surface area (Å²) in [6, 6.07) is 16.2. The first-order valence-electron chi connectivity index (χ1n) is 34.8. The number of halogens is 7. The molecule has 27 nitrogen and oxygen atoms in total. The Kier molecular flexibility index (Phi) is 22.1. The van der Waals surface area contributed by atoms with E-state index in [0.29, 0.717) is 125 Å². The summed E-state index contributed by atoms with van der Waals surface area (Å²) in [5, 5.41) is 27.9. The van der Waals surface area contributed by atoms with Gasteiger partial charge in [0.15, 0.2) is 0 Å². The monoisotopic (exact) mass is 1650 g/mol. The van der Waals surface area contributed by atoms with Crippen molar-refractivity contribution in [3.8, 4) is 33.8 Å². The van der Waals surface area contributed by atoms with Crippen LogP contribution in [0.1, 0.15) is 161 Å². The summed E-state index contributed by atoms with van der Waals surface area (Å²) in [6.07, 6.45) is 18.9. The molecule has 108 heavy (non-hydrogen) atoms. The van der Waals surface area contributed by atoms with Gasteiger partial charge in [-0.25, -0.2) is 44.3 Å². The molecule has 6 bridgehead atoms. The number of anilines is 2. The zero-order valence-corrected chi connectivity index (χ0v) is 63.5. The molecule has 0 spiro atoms. The van der Waals surface area contributed by atoms with Crippen molar-refractivity contribution in [3.63, 3.8) is 0 Å². The van der Waals surface area contributed by atoms with Gasteiger partial charge < -0.3 is 57.5 Å². The molecule has 3 aliphatic heterocycles. The number of carbonyl (C=O) groups excluding carboxylic acids is 5. The van der Waals surface area contributed by atoms with Crippen molar-refractivity contribution < 1.29 is 71.1 Å². The summed E-state index contributed by atoms with van der Waals surface area (Å²) >= 11 is 41.7. The molecular weight excluding hydrogens is 1590 g/mol. The Balaban J connectivity index is 0.000000122. The van der Waals surface area contributed by atoms with Gasteiger partial charge >= 0.3 is 17.9 Å². The number of carboxylic acids is 1. The Hall–Kier alpha value is -8.55. The molecule has 9 aliphatic rings. The van der Waals surface area contributed by atoms with Crippen molar-refractivity contribution in [3.05, 3.63) is 178 Å². The van der Waals surface area contributed by atoms with E-state index in [1.54, 1.807) is 64.4 Å². The number of amides is 3. The molecule has 0 radical (unpaired) electrons. The molecule has 6 aliphatic carbocycles. The van der Waals surface area contributed by atoms with Crippen LogP contribution in [0, 0.1) is 17.8 Å². The van der Waals surface area contributed by atoms with Crippen LogP contribution in [0.3, 0.4) is 0 Å². The summed E-state index contributed by atoms with van der Waals surface area (Å²) in [5.74, 6) is 0.213. The lowest BCUT2D eigenvalue weighted by Gasteiger charge is -2.31. The van der Waals surface area contributed by atoms with Crippen molar-refractivity contribution in [1.29, 1.82) is 0 Å². The lowest BCUT2D eigenvalue weighted by atomic mass is 10.0. The van der Waals surface area contributed by atoms with E-state index >= 15 is 0 Å². The van der Waals surface area contributed by atoms with E-state index in [2.05, 4.69) is 76.1 Å². The molecule has 9 fully saturated rings. The molecule has 9 heterocycles. The van der Waals surface area contributed by atoms with Gasteiger partial charge in [-0.05, 0) is 129 Å². The third-order valence-electron chi connectivity index (χ3n) is 20.6. The number of fused-ring (bicyclic) bond motifs is 6. The maximum atomic E-state index is 13.2. The van der Waals surface area contributed by atoms with Gasteiger partial charge in [0.05, 0.1) is 141 Å². The Morgan fingerprint density at radius 3 is 1.12 bits per heavy atom. The number of methoxy groups -OCH3 is 2. The van der Waals surface area contributed by atoms with E-state index in [4.69, 9.17) is 102 Å². The Bertz CT molecular complexity index is 4890. The third kappa shape index (κ3) is 15.4. The number of carbonyl (C=O) groups is 6. The van der Waals surface area contributed by atoms with E-state index in [1.807, 2.05) is 0 Å². The van der Waals surface area contributed by atoms with Gasteiger partial charge in [0.1, 0.15) is 34.4 Å². The van der Waals surface area contributed by atoms with Crippen LogP contribution >= 0.6 is 85.5 Å². The fraction of sp³-hybridized carbons (Fsp3) is 0.392. The van der Waals surface area contributed by atoms with Crippen molar-refractivity contribution in [2.24, 2.45) is 17.8 Å². The van der Waals surface area contributed by atoms with Crippen LogP contribution in [0.2, 0.25) is 30.1 Å². The second kappa shape index (κ2) is 31.8. The summed E-state index contributed by atoms with van der Waals surface area (Å²) in [4.78, 5) is 98.2. The maximum absolute atomic E-state index is 13.2. The highest BCUT2D eigenvalue weighted by Crippen LogP contribution is 2.52. The third-order valence-corrected chi connectivity index (χ3v) is 22.9. The van der Waals surface area contributed by atoms with Gasteiger partial charge in [-0.1, -0.05) is 103 Å². The fourth-order valence-electron chi connectivity index (χ4n) is 15.0. The normalized spacial score (nSPS) is 22.7. The van der Waals surface area contributed by atoms with E-state index in [1.165, 1.54) is 51.4 Å². The van der Waals surface area contributed by atoms with Crippen molar-refractivity contribution >= 4 is 133 Å². The lowest BCUT2D eigenvalue weighted by Crippen LogP contribution is -2.43. The number of hydrogen-bond donors (Lipinski definition) is 2. The fourth-order valence-corrected chi connectivity index (χ4v) is 16.9. The number of esters is 2. The maximum Gasteiger partial charge on any atom is 0.376 e. The molecule has 0 unspecified atom stereocenters. The summed E-state index contributed by atoms with van der Waals surface area (Å²) in [7, 11) is 2.55. The molecular formula is C74H65BrCl6N12O15. The number of benzene rings is 3. The first kappa shape index (κ1) is 74.9. The minimum atomic E-state index is -1.21. The van der Waals surface area contributed by atoms with Crippen molar-refractivity contribution in [2.75, 3.05) is 24.0 Å². The Morgan fingerprint density at radius 2 is 0.815 bits per heavy atom. The minimum Gasteiger partial charge on any atom is -0.475 e. The summed E-state index contributed by atoms with van der Waals surface area (Å²) in [6.45, 7) is 0.849. The zero-order valence-electron chi connectivity index (χ0n) is 57.4. The molecule has 3 amide bonds. The first-order chi connectivity index (χ1) is 52.2. The topological polar surface area (TPSA) is 343 Å². The Labute approximate surface area is 654 Å². The zero-order chi connectivity index (χ0) is 75.3. The van der Waals surface area contributed by atoms with Crippen LogP contribution in [-0.2, 0) is 57.9 Å². The van der Waals surface area contributed by atoms with Crippen LogP contribution in [0.4, 0.5) is 11.4 Å². The second-order valence-electron chi connectivity index (χ2n) is 27.5. The predicted molar refractivity (Wildman–Crippen MR) is 394 cm³/mol. The van der Waals surface area contributed by atoms with Crippen LogP contribution in [0.15, 0.2) is 110 Å². The van der Waals surface area contributed by atoms with Gasteiger partial charge in [-0.3, -0.25) is 14.4 Å². The Morgan fingerprint density at radius 1 is 0.481 bits per heavy atom. The molecule has 6 aromatic heterocycles. The number of hydrogen-bond acceptors (Lipinski definition) is 23. The highest BCUT2D eigenvalue weighted by Gasteiger charge is 2.54. The van der Waals surface area contributed by atoms with Crippen LogP contribution in [-0.4, -0.2) is 137 Å². The average Bonchev–Trinajstić information content (AvgIpc) is 1.64. The molecule has 9 aromatic rings. The van der Waals surface area contributed by atoms with Gasteiger partial charge in [0.25, 0.3) is 0 Å². The number of rotatable bonds is 20. The summed E-state index contributed by atoms with van der Waals surface area (Å²) < 4.78 is 45.6. The van der Waals surface area contributed by atoms with Gasteiger partial charge in [0.2, 0.25) is 35.2 Å². The first-order valence-corrected chi connectivity index (χ1v) is 37.9. The molecule has 3 saturated heterocycles. The number of ether oxygens (including phenoxy) is 5. The largest absolute Gasteiger partial charge is 0.475 e. The summed E-state index contributed by atoms with van der Waals surface area (Å²) in [5.41, 5.74) is 7.36. The lowest BCUT2D eigenvalue weighted by molar-refractivity contribution is -0.129. The number of piperidine rings is 3. The van der Waals surface area contributed by atoms with Crippen LogP contribution in [0.25, 0.3) is 33.8 Å². The molecule has 2 N–H and O–H groups in total. The molecule has 3 aromatic carbocycles. The van der Waals surface area contributed by atoms with E-state index in [-0.39, 0.29) is 103 Å². The van der Waals surface area contributed by atoms with Crippen molar-refractivity contribution in [2.45, 2.75) is 151 Å². The van der Waals surface area contributed by atoms with Gasteiger partial charge in [0, 0.05) is 81.7 Å². The number of carboxylic acid groups (broad SMARTS) is 1. The van der Waals surface area contributed by atoms with Crippen molar-refractivity contribution in [1.82, 2.24) is 50.7 Å². The number of nitrogens with one attached hydrogen (secondary N) is 1. The molecule has 18 rings (SSSR count). The quantitative estimate of drug-likeness (QED) is 0.0669. The smallest absolute Gasteiger partial charge is 0.376 e. The van der Waals surface area contributed by atoms with Crippen LogP contribution in [0.5, 0.6) is 0 Å². The SMILES string of the molecule is COC(=O)c1ncc(Br)cn1.COC(=O)c1ncc(N2C(=O)[C@@H]3C[C@H]2C[C@H]3OCc2c(-c3c(Cl)cccc3Cl)noc2C2CC2)cn1.O=C(O)c1ncc(N2C(=O)[C@@H]3C[C@H]2C[C@H]3OCc2c(-c3c(Cl)cccc3Cl)noc2C2CC2)cn1.O=C1N[C@@H]2C[C@@H](OCc3c(-c4c(Cl)cccc4Cl)noc3C3CC3)[C@H]1C2. The average molecular weight is 1660 g/mol. The highest BCUT2D eigenvalue weighted by molar-refractivity contribution is 9.10. The number of aromatic carboxylic acids is 1. The minimum absolute atomic E-state index is 0.0251. The number of aromatic nitrogens is 9. The molecule has 9 atom stereocenters. The van der Waals surface area contributed by atoms with E-state index in [9.17, 15) is 28.8 Å². The molecule has 34 heteroatoms. The van der Waals surface area contributed by atoms with Gasteiger partial charge in [-0.2, -0.15) is 0 Å². The number of nitrogens with zero attached hydrogens (tertiary/aromatic N) is 11. The van der Waals surface area contributed by atoms with E-state index < -0.39 is 17.9 Å². The second-order valence-corrected chi connectivity index (χ2v) is 30.8. The van der Waals surface area contributed by atoms with Gasteiger partial charge in [-0.15, -0.1) is 0 Å². The predicted octanol–water partition coefficient (Wildman–Crippen LogP) is 14.9. The molecule has 560 valence electrons. The highest BCUT2D eigenvalue weighted by atomic mass is 79.9. The van der Waals surface area contributed by atoms with Crippen LogP contribution < -0.4 is 15.1 Å². The van der Waals surface area contributed by atoms with E-state index in [0.717, 1.165) is 89.8 Å².